The molecule has 4 nitrogen and oxygen atoms in total. The average molecular weight is 145 g/mol. The van der Waals surface area contributed by atoms with Crippen LogP contribution in [0.25, 0.3) is 0 Å². The lowest BCUT2D eigenvalue weighted by Crippen LogP contribution is -2.02. The van der Waals surface area contributed by atoms with Gasteiger partial charge in [0.05, 0.1) is 6.34 Å². The van der Waals surface area contributed by atoms with Crippen molar-refractivity contribution in [3.05, 3.63) is 0 Å². The van der Waals surface area contributed by atoms with Gasteiger partial charge in [-0.1, -0.05) is 5.16 Å². The van der Waals surface area contributed by atoms with Crippen LogP contribution in [-0.2, 0) is 4.84 Å². The van der Waals surface area contributed by atoms with Crippen LogP contribution in [0.3, 0.4) is 0 Å². The van der Waals surface area contributed by atoms with E-state index in [0.29, 0.717) is 6.61 Å². The number of nitrogens with one attached hydrogen (secondary N) is 2. The quantitative estimate of drug-likeness (QED) is 0.339. The zero-order valence-corrected chi connectivity index (χ0v) is 5.57. The van der Waals surface area contributed by atoms with Crippen LogP contribution in [0.5, 0.6) is 0 Å². The number of hydrogen-bond acceptors (Lipinski definition) is 4. The van der Waals surface area contributed by atoms with Crippen molar-refractivity contribution in [1.29, 1.82) is 5.41 Å². The van der Waals surface area contributed by atoms with Gasteiger partial charge in [0.15, 0.2) is 0 Å². The molecule has 0 aliphatic carbocycles. The minimum Gasteiger partial charge on any atom is -0.395 e. The summed E-state index contributed by atoms with van der Waals surface area (Å²) in [5.74, 6) is 0. The highest BCUT2D eigenvalue weighted by molar-refractivity contribution is 8.12. The van der Waals surface area contributed by atoms with Gasteiger partial charge in [0.25, 0.3) is 0 Å². The van der Waals surface area contributed by atoms with E-state index in [1.807, 2.05) is 0 Å². The Hall–Kier alpha value is -0.710. The van der Waals surface area contributed by atoms with Gasteiger partial charge in [-0.05, 0) is 0 Å². The molecular formula is C4H7N3OS. The Labute approximate surface area is 57.3 Å². The van der Waals surface area contributed by atoms with Crippen molar-refractivity contribution in [2.24, 2.45) is 5.16 Å². The van der Waals surface area contributed by atoms with Gasteiger partial charge >= 0.3 is 0 Å². The van der Waals surface area contributed by atoms with Gasteiger partial charge < -0.3 is 9.56 Å². The highest BCUT2D eigenvalue weighted by atomic mass is 32.2. The molecule has 5 heteroatoms. The zero-order valence-electron chi connectivity index (χ0n) is 4.76. The van der Waals surface area contributed by atoms with E-state index in [0.717, 1.165) is 17.8 Å². The molecule has 9 heavy (non-hydrogen) atoms. The SMILES string of the molecule is N=CNSC1=NOCC1. The van der Waals surface area contributed by atoms with Crippen LogP contribution in [0, 0.1) is 5.41 Å². The van der Waals surface area contributed by atoms with Crippen molar-refractivity contribution in [3.8, 4) is 0 Å². The fraction of sp³-hybridized carbons (Fsp3) is 0.500. The second kappa shape index (κ2) is 3.34. The summed E-state index contributed by atoms with van der Waals surface area (Å²) in [5, 5.41) is 11.2. The molecule has 1 rings (SSSR count). The fourth-order valence-electron chi connectivity index (χ4n) is 0.463. The van der Waals surface area contributed by atoms with Crippen molar-refractivity contribution in [2.75, 3.05) is 6.61 Å². The van der Waals surface area contributed by atoms with Gasteiger partial charge in [0.1, 0.15) is 11.7 Å². The Morgan fingerprint density at radius 2 is 2.78 bits per heavy atom. The Bertz CT molecular complexity index is 136. The highest BCUT2D eigenvalue weighted by Crippen LogP contribution is 2.08. The van der Waals surface area contributed by atoms with E-state index in [4.69, 9.17) is 10.2 Å². The van der Waals surface area contributed by atoms with Crippen LogP contribution >= 0.6 is 11.9 Å². The average Bonchev–Trinajstić information content (AvgIpc) is 2.34. The van der Waals surface area contributed by atoms with Crippen molar-refractivity contribution >= 4 is 23.3 Å². The lowest BCUT2D eigenvalue weighted by Gasteiger charge is -1.91. The molecule has 0 aromatic carbocycles. The second-order valence-corrected chi connectivity index (χ2v) is 2.34. The first-order valence-electron chi connectivity index (χ1n) is 2.53. The molecule has 1 aliphatic rings. The number of rotatable bonds is 2. The zero-order chi connectivity index (χ0) is 6.53. The van der Waals surface area contributed by atoms with Gasteiger partial charge in [0.2, 0.25) is 0 Å². The molecule has 0 bridgehead atoms. The third-order valence-electron chi connectivity index (χ3n) is 0.809. The topological polar surface area (TPSA) is 57.5 Å². The molecule has 0 aromatic heterocycles. The molecule has 0 spiro atoms. The van der Waals surface area contributed by atoms with Crippen LogP contribution in [-0.4, -0.2) is 18.0 Å². The maximum atomic E-state index is 6.61. The smallest absolute Gasteiger partial charge is 0.137 e. The van der Waals surface area contributed by atoms with Crippen LogP contribution < -0.4 is 4.72 Å². The summed E-state index contributed by atoms with van der Waals surface area (Å²) >= 11 is 1.32. The summed E-state index contributed by atoms with van der Waals surface area (Å²) in [4.78, 5) is 4.71. The van der Waals surface area contributed by atoms with Crippen molar-refractivity contribution in [2.45, 2.75) is 6.42 Å². The predicted octanol–water partition coefficient (Wildman–Crippen LogP) is 0.565. The fourth-order valence-corrected chi connectivity index (χ4v) is 0.934. The molecule has 1 aliphatic heterocycles. The number of nitrogens with zero attached hydrogens (tertiary/aromatic N) is 1. The van der Waals surface area contributed by atoms with E-state index in [9.17, 15) is 0 Å². The minimum atomic E-state index is 0.669. The van der Waals surface area contributed by atoms with Crippen molar-refractivity contribution in [1.82, 2.24) is 4.72 Å². The summed E-state index contributed by atoms with van der Waals surface area (Å²) in [6.45, 7) is 0.669. The molecule has 50 valence electrons. The molecular weight excluding hydrogens is 138 g/mol. The van der Waals surface area contributed by atoms with Crippen molar-refractivity contribution in [3.63, 3.8) is 0 Å². The third-order valence-corrected chi connectivity index (χ3v) is 1.56. The summed E-state index contributed by atoms with van der Waals surface area (Å²) in [6, 6.07) is 0. The first-order valence-corrected chi connectivity index (χ1v) is 3.35. The van der Waals surface area contributed by atoms with E-state index in [1.165, 1.54) is 11.9 Å². The van der Waals surface area contributed by atoms with Gasteiger partial charge in [-0.3, -0.25) is 5.41 Å². The van der Waals surface area contributed by atoms with Gasteiger partial charge in [-0.15, -0.1) is 0 Å². The molecule has 2 N–H and O–H groups in total. The molecule has 1 heterocycles. The first kappa shape index (κ1) is 6.41. The molecule has 0 atom stereocenters. The van der Waals surface area contributed by atoms with Gasteiger partial charge in [0, 0.05) is 18.4 Å². The molecule has 0 saturated heterocycles. The Morgan fingerprint density at radius 3 is 3.33 bits per heavy atom. The summed E-state index contributed by atoms with van der Waals surface area (Å²) < 4.78 is 2.64. The Balaban J connectivity index is 2.18. The van der Waals surface area contributed by atoms with E-state index in [1.54, 1.807) is 0 Å². The first-order chi connectivity index (χ1) is 4.43. The van der Waals surface area contributed by atoms with Gasteiger partial charge in [-0.25, -0.2) is 0 Å². The standard InChI is InChI=1S/C4H7N3OS/c5-3-6-9-4-1-2-8-7-4/h3H,1-2H2,(H2,5,6). The summed E-state index contributed by atoms with van der Waals surface area (Å²) in [6.07, 6.45) is 1.97. The monoisotopic (exact) mass is 145 g/mol. The van der Waals surface area contributed by atoms with E-state index < -0.39 is 0 Å². The van der Waals surface area contributed by atoms with Crippen LogP contribution in [0.4, 0.5) is 0 Å². The summed E-state index contributed by atoms with van der Waals surface area (Å²) in [7, 11) is 0. The minimum absolute atomic E-state index is 0.669. The van der Waals surface area contributed by atoms with Crippen LogP contribution in [0.1, 0.15) is 6.42 Å². The maximum absolute atomic E-state index is 6.61. The molecule has 0 unspecified atom stereocenters. The molecule has 0 amide bonds. The van der Waals surface area contributed by atoms with E-state index >= 15 is 0 Å². The largest absolute Gasteiger partial charge is 0.395 e. The molecule has 0 radical (unpaired) electrons. The molecule has 0 saturated carbocycles. The van der Waals surface area contributed by atoms with E-state index in [2.05, 4.69) is 9.88 Å². The lowest BCUT2D eigenvalue weighted by atomic mass is 10.5. The molecule has 0 fully saturated rings. The third kappa shape index (κ3) is 1.93. The Morgan fingerprint density at radius 1 is 1.89 bits per heavy atom. The van der Waals surface area contributed by atoms with Crippen LogP contribution in [0.15, 0.2) is 5.16 Å². The van der Waals surface area contributed by atoms with Crippen LogP contribution in [0.2, 0.25) is 0 Å². The number of hydrogen-bond donors (Lipinski definition) is 2. The molecule has 0 aromatic rings. The summed E-state index contributed by atoms with van der Waals surface area (Å²) in [5.41, 5.74) is 0. The predicted molar refractivity (Wildman–Crippen MR) is 37.5 cm³/mol. The van der Waals surface area contributed by atoms with Gasteiger partial charge in [-0.2, -0.15) is 0 Å². The highest BCUT2D eigenvalue weighted by Gasteiger charge is 2.06. The second-order valence-electron chi connectivity index (χ2n) is 1.43. The maximum Gasteiger partial charge on any atom is 0.137 e. The van der Waals surface area contributed by atoms with E-state index in [-0.39, 0.29) is 0 Å². The number of oxime groups is 1. The Kier molecular flexibility index (Phi) is 2.38. The van der Waals surface area contributed by atoms with Crippen molar-refractivity contribution < 1.29 is 4.84 Å². The lowest BCUT2D eigenvalue weighted by molar-refractivity contribution is 0.174. The normalized spacial score (nSPS) is 16.2.